The molecule has 1 aromatic heterocycles. The molecule has 15 nitrogen and oxygen atoms in total. The number of carbonyl (C=O) groups excluding carboxylic acids is 5. The molecule has 3 saturated heterocycles. The number of amides is 5. The molecule has 17 heteroatoms. The molecule has 2 aromatic carbocycles. The third kappa shape index (κ3) is 7.22. The molecule has 1 aliphatic carbocycles. The molecule has 0 spiro atoms. The van der Waals surface area contributed by atoms with Crippen LogP contribution in [0.2, 0.25) is 5.02 Å². The molecular weight excluding hydrogens is 817 g/mol. The number of aryl methyl sites for hydroxylation is 2. The number of halogens is 2. The van der Waals surface area contributed by atoms with E-state index < -0.39 is 64.4 Å². The summed E-state index contributed by atoms with van der Waals surface area (Å²) in [4.78, 5) is 85.4. The molecule has 5 amide bonds. The van der Waals surface area contributed by atoms with Gasteiger partial charge in [0, 0.05) is 69.1 Å². The van der Waals surface area contributed by atoms with Crippen LogP contribution in [0.1, 0.15) is 101 Å². The largest absolute Gasteiger partial charge is 0.489 e. The number of likely N-dealkylation sites (tertiary alicyclic amines) is 1. The van der Waals surface area contributed by atoms with Gasteiger partial charge in [0.05, 0.1) is 50.4 Å². The van der Waals surface area contributed by atoms with Crippen molar-refractivity contribution in [2.24, 2.45) is 22.5 Å². The Morgan fingerprint density at radius 3 is 2.08 bits per heavy atom. The number of rotatable bonds is 9. The van der Waals surface area contributed by atoms with Gasteiger partial charge in [0.25, 0.3) is 23.6 Å². The third-order valence-corrected chi connectivity index (χ3v) is 14.0. The maximum Gasteiger partial charge on any atom is 0.262 e. The number of nitriles is 1. The second-order valence-electron chi connectivity index (χ2n) is 18.4. The summed E-state index contributed by atoms with van der Waals surface area (Å²) >= 11 is 6.27. The molecule has 5 heterocycles. The minimum absolute atomic E-state index is 0.0364. The smallest absolute Gasteiger partial charge is 0.262 e. The first-order valence-electron chi connectivity index (χ1n) is 21.1. The topological polar surface area (TPSA) is 186 Å². The van der Waals surface area contributed by atoms with E-state index in [1.54, 1.807) is 32.0 Å². The first kappa shape index (κ1) is 43.0. The second-order valence-corrected chi connectivity index (χ2v) is 18.8. The van der Waals surface area contributed by atoms with Crippen LogP contribution in [0.4, 0.5) is 16.0 Å². The van der Waals surface area contributed by atoms with E-state index in [9.17, 15) is 29.2 Å². The van der Waals surface area contributed by atoms with E-state index in [1.165, 1.54) is 11.0 Å². The molecule has 0 radical (unpaired) electrons. The maximum absolute atomic E-state index is 15.9. The second kappa shape index (κ2) is 15.9. The number of piperazine rings is 1. The van der Waals surface area contributed by atoms with Gasteiger partial charge in [-0.1, -0.05) is 39.3 Å². The molecule has 0 bridgehead atoms. The molecule has 8 rings (SSSR count). The number of anilines is 2. The quantitative estimate of drug-likeness (QED) is 0.288. The Labute approximate surface area is 364 Å². The van der Waals surface area contributed by atoms with Crippen molar-refractivity contribution in [2.75, 3.05) is 55.6 Å². The van der Waals surface area contributed by atoms with Crippen LogP contribution in [-0.4, -0.2) is 118 Å². The third-order valence-electron chi connectivity index (χ3n) is 13.7. The van der Waals surface area contributed by atoms with Crippen molar-refractivity contribution in [3.63, 3.8) is 0 Å². The number of fused-ring (bicyclic) bond motifs is 1. The average molecular weight is 868 g/mol. The number of nitrogens with zero attached hydrogens (tertiary/aromatic N) is 8. The molecule has 5 aliphatic rings. The van der Waals surface area contributed by atoms with Gasteiger partial charge in [-0.05, 0) is 63.3 Å². The highest BCUT2D eigenvalue weighted by Crippen LogP contribution is 2.58. The van der Waals surface area contributed by atoms with Crippen LogP contribution >= 0.6 is 11.6 Å². The minimum atomic E-state index is -1.24. The number of carbonyl (C=O) groups is 5. The summed E-state index contributed by atoms with van der Waals surface area (Å²) in [5, 5.41) is 9.53. The zero-order valence-electron chi connectivity index (χ0n) is 35.8. The standard InChI is InChI=1S/C45H51ClFN9O6/c1-24-36(37(49)58)25(2)51-43(50-24)54-13-11-26(12-14-54)23-52-15-17-53(18-16-52)34-21-30-29(20-32(34)47)38(59)55(39(30)60)33-9-10-35(57)56(40(33)61)41-44(3,4)42(45(41,5)6)62-28-8-7-27(22-48)31(46)19-28/h7-8,19-21,26,33,41-42H,9-18,23H2,1-6H3,(H2,49,58). The van der Waals surface area contributed by atoms with Crippen molar-refractivity contribution in [1.82, 2.24) is 24.7 Å². The molecule has 2 N–H and O–H groups in total. The fraction of sp³-hybridized carbons (Fsp3) is 0.511. The fourth-order valence-electron chi connectivity index (χ4n) is 11.0. The first-order valence-corrected chi connectivity index (χ1v) is 21.5. The number of primary amides is 1. The van der Waals surface area contributed by atoms with Crippen molar-refractivity contribution in [2.45, 2.75) is 85.4 Å². The summed E-state index contributed by atoms with van der Waals surface area (Å²) in [5.74, 6) is -2.16. The Morgan fingerprint density at radius 2 is 1.50 bits per heavy atom. The Hall–Kier alpha value is -5.66. The monoisotopic (exact) mass is 867 g/mol. The highest BCUT2D eigenvalue weighted by Gasteiger charge is 2.68. The molecule has 1 unspecified atom stereocenters. The lowest BCUT2D eigenvalue weighted by atomic mass is 9.48. The van der Waals surface area contributed by atoms with E-state index in [4.69, 9.17) is 22.1 Å². The first-order chi connectivity index (χ1) is 29.3. The number of nitrogens with two attached hydrogens (primary N) is 1. The fourth-order valence-corrected chi connectivity index (χ4v) is 11.2. The summed E-state index contributed by atoms with van der Waals surface area (Å²) in [6, 6.07) is 7.45. The lowest BCUT2D eigenvalue weighted by Crippen LogP contribution is -2.77. The Bertz CT molecular complexity index is 2400. The van der Waals surface area contributed by atoms with Gasteiger partial charge in [0.1, 0.15) is 29.8 Å². The summed E-state index contributed by atoms with van der Waals surface area (Å²) in [5.41, 5.74) is 5.98. The van der Waals surface area contributed by atoms with Crippen molar-refractivity contribution >= 4 is 52.8 Å². The van der Waals surface area contributed by atoms with Gasteiger partial charge < -0.3 is 20.3 Å². The van der Waals surface area contributed by atoms with Crippen molar-refractivity contribution in [3.8, 4) is 11.8 Å². The summed E-state index contributed by atoms with van der Waals surface area (Å²) in [6.07, 6.45) is 1.32. The van der Waals surface area contributed by atoms with E-state index in [1.807, 2.05) is 38.7 Å². The van der Waals surface area contributed by atoms with Crippen LogP contribution in [0.5, 0.6) is 5.75 Å². The average Bonchev–Trinajstić information content (AvgIpc) is 3.45. The molecule has 4 fully saturated rings. The van der Waals surface area contributed by atoms with Crippen molar-refractivity contribution < 1.29 is 33.1 Å². The minimum Gasteiger partial charge on any atom is -0.489 e. The summed E-state index contributed by atoms with van der Waals surface area (Å²) in [7, 11) is 0. The predicted octanol–water partition coefficient (Wildman–Crippen LogP) is 4.89. The highest BCUT2D eigenvalue weighted by atomic mass is 35.5. The number of benzene rings is 2. The van der Waals surface area contributed by atoms with E-state index in [0.29, 0.717) is 66.3 Å². The molecule has 326 valence electrons. The molecule has 1 atom stereocenters. The van der Waals surface area contributed by atoms with Crippen LogP contribution in [0.25, 0.3) is 0 Å². The number of piperidine rings is 2. The lowest BCUT2D eigenvalue weighted by molar-refractivity contribution is -0.216. The molecular formula is C45H51ClFN9O6. The summed E-state index contributed by atoms with van der Waals surface area (Å²) < 4.78 is 22.3. The number of hydrogen-bond donors (Lipinski definition) is 1. The van der Waals surface area contributed by atoms with Gasteiger partial charge in [-0.3, -0.25) is 38.7 Å². The van der Waals surface area contributed by atoms with Gasteiger partial charge in [-0.25, -0.2) is 14.4 Å². The highest BCUT2D eigenvalue weighted by molar-refractivity contribution is 6.31. The van der Waals surface area contributed by atoms with Gasteiger partial charge in [-0.15, -0.1) is 0 Å². The van der Waals surface area contributed by atoms with E-state index in [2.05, 4.69) is 19.8 Å². The van der Waals surface area contributed by atoms with Crippen molar-refractivity contribution in [3.05, 3.63) is 74.8 Å². The van der Waals surface area contributed by atoms with E-state index in [0.717, 1.165) is 43.4 Å². The Balaban J connectivity index is 0.900. The van der Waals surface area contributed by atoms with Gasteiger partial charge >= 0.3 is 0 Å². The SMILES string of the molecule is Cc1nc(N2CCC(CN3CCN(c4cc5c(cc4F)C(=O)N(C4CCC(=O)N(C6C(C)(C)C(Oc7ccc(C#N)c(Cl)c7)C6(C)C)C4=O)C5=O)CC3)CC2)nc(C)c1C(N)=O. The number of aromatic nitrogens is 2. The molecule has 3 aromatic rings. The molecule has 1 saturated carbocycles. The van der Waals surface area contributed by atoms with Gasteiger partial charge in [-0.2, -0.15) is 5.26 Å². The zero-order valence-corrected chi connectivity index (χ0v) is 36.6. The van der Waals surface area contributed by atoms with Crippen molar-refractivity contribution in [1.29, 1.82) is 5.26 Å². The zero-order chi connectivity index (χ0) is 44.6. The van der Waals surface area contributed by atoms with Gasteiger partial charge in [0.15, 0.2) is 0 Å². The van der Waals surface area contributed by atoms with Crippen LogP contribution in [0, 0.1) is 47.7 Å². The molecule has 4 aliphatic heterocycles. The predicted molar refractivity (Wildman–Crippen MR) is 227 cm³/mol. The van der Waals surface area contributed by atoms with E-state index >= 15 is 4.39 Å². The summed E-state index contributed by atoms with van der Waals surface area (Å²) in [6.45, 7) is 16.0. The number of hydrogen-bond acceptors (Lipinski definition) is 12. The van der Waals surface area contributed by atoms with Crippen LogP contribution in [-0.2, 0) is 9.59 Å². The van der Waals surface area contributed by atoms with Crippen LogP contribution < -0.4 is 20.3 Å². The Kier molecular flexibility index (Phi) is 11.0. The number of ether oxygens (including phenoxy) is 1. The van der Waals surface area contributed by atoms with Gasteiger partial charge in [0.2, 0.25) is 11.9 Å². The van der Waals surface area contributed by atoms with Crippen LogP contribution in [0.15, 0.2) is 30.3 Å². The maximum atomic E-state index is 15.9. The number of imide groups is 2. The normalized spacial score (nSPS) is 24.0. The Morgan fingerprint density at radius 1 is 0.887 bits per heavy atom. The van der Waals surface area contributed by atoms with Crippen LogP contribution in [0.3, 0.4) is 0 Å². The lowest BCUT2D eigenvalue weighted by Gasteiger charge is -2.65. The molecule has 62 heavy (non-hydrogen) atoms. The van der Waals surface area contributed by atoms with E-state index in [-0.39, 0.29) is 34.7 Å².